The molecule has 3 aromatic rings. The van der Waals surface area contributed by atoms with Gasteiger partial charge in [0, 0.05) is 23.4 Å². The molecule has 156 valence electrons. The van der Waals surface area contributed by atoms with Crippen molar-refractivity contribution in [1.82, 2.24) is 15.3 Å². The zero-order valence-corrected chi connectivity index (χ0v) is 17.5. The van der Waals surface area contributed by atoms with Crippen molar-refractivity contribution in [1.29, 1.82) is 0 Å². The Morgan fingerprint density at radius 2 is 1.87 bits per heavy atom. The molecule has 1 aliphatic heterocycles. The van der Waals surface area contributed by atoms with Gasteiger partial charge in [-0.2, -0.15) is 4.98 Å². The number of phenols is 1. The molecule has 6 heteroatoms. The van der Waals surface area contributed by atoms with E-state index in [1.807, 2.05) is 32.0 Å². The predicted octanol–water partition coefficient (Wildman–Crippen LogP) is 3.84. The predicted molar refractivity (Wildman–Crippen MR) is 121 cm³/mol. The summed E-state index contributed by atoms with van der Waals surface area (Å²) in [4.78, 5) is 19.2. The van der Waals surface area contributed by atoms with Crippen LogP contribution < -0.4 is 16.3 Å². The van der Waals surface area contributed by atoms with Crippen molar-refractivity contribution in [3.63, 3.8) is 0 Å². The van der Waals surface area contributed by atoms with Gasteiger partial charge in [0.15, 0.2) is 0 Å². The molecule has 0 amide bonds. The molecule has 2 aromatic carbocycles. The molecule has 4 rings (SSSR count). The van der Waals surface area contributed by atoms with Crippen molar-refractivity contribution in [2.75, 3.05) is 25.0 Å². The number of phenolic OH excluding ortho intramolecular Hbond substituents is 1. The van der Waals surface area contributed by atoms with E-state index in [1.165, 1.54) is 12.8 Å². The maximum atomic E-state index is 12.2. The largest absolute Gasteiger partial charge is 0.508 e. The van der Waals surface area contributed by atoms with Crippen LogP contribution >= 0.6 is 0 Å². The van der Waals surface area contributed by atoms with E-state index in [2.05, 4.69) is 32.7 Å². The third-order valence-corrected chi connectivity index (χ3v) is 5.81. The van der Waals surface area contributed by atoms with Gasteiger partial charge in [0.1, 0.15) is 5.75 Å². The fourth-order valence-electron chi connectivity index (χ4n) is 3.99. The highest BCUT2D eigenvalue weighted by Gasteiger charge is 2.13. The molecule has 0 radical (unpaired) electrons. The van der Waals surface area contributed by atoms with Gasteiger partial charge in [0.05, 0.1) is 11.4 Å². The number of hydrogen-bond acceptors (Lipinski definition) is 5. The molecule has 0 atom stereocenters. The molecule has 2 heterocycles. The van der Waals surface area contributed by atoms with E-state index >= 15 is 0 Å². The van der Waals surface area contributed by atoms with Gasteiger partial charge in [-0.3, -0.25) is 0 Å². The number of nitrogens with zero attached hydrogens (tertiary/aromatic N) is 1. The third-order valence-electron chi connectivity index (χ3n) is 5.81. The van der Waals surface area contributed by atoms with Gasteiger partial charge in [-0.05, 0) is 93.2 Å². The average Bonchev–Trinajstić information content (AvgIpc) is 2.74. The van der Waals surface area contributed by atoms with Crippen LogP contribution in [0.4, 0.5) is 5.69 Å². The summed E-state index contributed by atoms with van der Waals surface area (Å²) < 4.78 is 0. The molecule has 1 fully saturated rings. The Morgan fingerprint density at radius 3 is 2.60 bits per heavy atom. The van der Waals surface area contributed by atoms with Gasteiger partial charge in [-0.15, -0.1) is 0 Å². The second kappa shape index (κ2) is 8.71. The number of aromatic amines is 1. The molecule has 0 bridgehead atoms. The van der Waals surface area contributed by atoms with Crippen LogP contribution in [0.3, 0.4) is 0 Å². The summed E-state index contributed by atoms with van der Waals surface area (Å²) in [5.41, 5.74) is 5.63. The molecular weight excluding hydrogens is 376 g/mol. The van der Waals surface area contributed by atoms with Gasteiger partial charge in [0.2, 0.25) is 0 Å². The lowest BCUT2D eigenvalue weighted by atomic mass is 9.98. The van der Waals surface area contributed by atoms with Crippen LogP contribution in [0.2, 0.25) is 0 Å². The minimum absolute atomic E-state index is 0.229. The first kappa shape index (κ1) is 20.2. The van der Waals surface area contributed by atoms with E-state index in [9.17, 15) is 9.90 Å². The van der Waals surface area contributed by atoms with Gasteiger partial charge < -0.3 is 20.7 Å². The number of nitrogens with one attached hydrogen (secondary N) is 3. The number of benzene rings is 2. The van der Waals surface area contributed by atoms with Crippen LogP contribution in [-0.2, 0) is 0 Å². The fraction of sp³-hybridized carbons (Fsp3) is 0.333. The summed E-state index contributed by atoms with van der Waals surface area (Å²) in [5, 5.41) is 16.7. The number of anilines is 1. The minimum atomic E-state index is -0.388. The first-order valence-electron chi connectivity index (χ1n) is 10.5. The Labute approximate surface area is 176 Å². The zero-order chi connectivity index (χ0) is 21.1. The molecule has 1 aromatic heterocycles. The zero-order valence-electron chi connectivity index (χ0n) is 17.5. The summed E-state index contributed by atoms with van der Waals surface area (Å²) in [5.74, 6) is 0.936. The number of aromatic nitrogens is 2. The van der Waals surface area contributed by atoms with E-state index in [4.69, 9.17) is 0 Å². The first-order chi connectivity index (χ1) is 14.5. The highest BCUT2D eigenvalue weighted by molar-refractivity contribution is 5.72. The monoisotopic (exact) mass is 404 g/mol. The Balaban J connectivity index is 1.58. The number of piperidine rings is 1. The number of rotatable bonds is 5. The van der Waals surface area contributed by atoms with Crippen molar-refractivity contribution in [2.24, 2.45) is 5.92 Å². The van der Waals surface area contributed by atoms with Crippen LogP contribution in [0.15, 0.2) is 47.3 Å². The van der Waals surface area contributed by atoms with Gasteiger partial charge in [-0.1, -0.05) is 6.07 Å². The molecule has 1 aliphatic rings. The average molecular weight is 405 g/mol. The number of aryl methyl sites for hydroxylation is 2. The fourth-order valence-corrected chi connectivity index (χ4v) is 3.99. The van der Waals surface area contributed by atoms with Crippen LogP contribution in [-0.4, -0.2) is 34.7 Å². The molecule has 0 saturated carbocycles. The van der Waals surface area contributed by atoms with Gasteiger partial charge in [0.25, 0.3) is 0 Å². The summed E-state index contributed by atoms with van der Waals surface area (Å²) >= 11 is 0. The van der Waals surface area contributed by atoms with E-state index < -0.39 is 0 Å². The first-order valence-corrected chi connectivity index (χ1v) is 10.5. The SMILES string of the molecule is Cc1cc(-c2cc(-c3ccc(NCC4CCNCC4)cc3C)[nH]c(=O)n2)ccc1O. The lowest BCUT2D eigenvalue weighted by Gasteiger charge is -2.23. The Hall–Kier alpha value is -3.12. The highest BCUT2D eigenvalue weighted by atomic mass is 16.3. The lowest BCUT2D eigenvalue weighted by Crippen LogP contribution is -2.31. The summed E-state index contributed by atoms with van der Waals surface area (Å²) in [6, 6.07) is 13.3. The van der Waals surface area contributed by atoms with Gasteiger partial charge in [-0.25, -0.2) is 4.79 Å². The Kier molecular flexibility index (Phi) is 5.86. The molecule has 1 saturated heterocycles. The topological polar surface area (TPSA) is 90.0 Å². The molecule has 4 N–H and O–H groups in total. The van der Waals surface area contributed by atoms with Crippen molar-refractivity contribution < 1.29 is 5.11 Å². The normalized spacial score (nSPS) is 14.6. The smallest absolute Gasteiger partial charge is 0.345 e. The van der Waals surface area contributed by atoms with Gasteiger partial charge >= 0.3 is 5.69 Å². The number of hydrogen-bond donors (Lipinski definition) is 4. The third kappa shape index (κ3) is 4.54. The summed E-state index contributed by atoms with van der Waals surface area (Å²) in [7, 11) is 0. The van der Waals surface area contributed by atoms with Crippen molar-refractivity contribution in [3.05, 3.63) is 64.1 Å². The minimum Gasteiger partial charge on any atom is -0.508 e. The summed E-state index contributed by atoms with van der Waals surface area (Å²) in [6.07, 6.45) is 2.42. The second-order valence-electron chi connectivity index (χ2n) is 8.09. The van der Waals surface area contributed by atoms with E-state index in [0.29, 0.717) is 11.6 Å². The molecule has 0 unspecified atom stereocenters. The van der Waals surface area contributed by atoms with Crippen molar-refractivity contribution >= 4 is 5.69 Å². The maximum Gasteiger partial charge on any atom is 0.345 e. The summed E-state index contributed by atoms with van der Waals surface area (Å²) in [6.45, 7) is 7.06. The van der Waals surface area contributed by atoms with Crippen molar-refractivity contribution in [2.45, 2.75) is 26.7 Å². The standard InChI is InChI=1S/C24H28N4O2/c1-15-12-19(26-14-17-7-9-25-10-8-17)4-5-20(15)22-13-21(27-24(30)28-22)18-3-6-23(29)16(2)11-18/h3-6,11-13,17,25-26,29H,7-10,14H2,1-2H3,(H,27,28,30). The van der Waals surface area contributed by atoms with Crippen LogP contribution in [0.5, 0.6) is 5.75 Å². The maximum absolute atomic E-state index is 12.2. The van der Waals surface area contributed by atoms with E-state index in [1.54, 1.807) is 12.1 Å². The van der Waals surface area contributed by atoms with Crippen LogP contribution in [0, 0.1) is 19.8 Å². The van der Waals surface area contributed by atoms with E-state index in [-0.39, 0.29) is 11.4 Å². The number of aromatic hydroxyl groups is 1. The Morgan fingerprint density at radius 1 is 1.07 bits per heavy atom. The molecule has 0 spiro atoms. The quantitative estimate of drug-likeness (QED) is 0.519. The highest BCUT2D eigenvalue weighted by Crippen LogP contribution is 2.28. The lowest BCUT2D eigenvalue weighted by molar-refractivity contribution is 0.390. The van der Waals surface area contributed by atoms with Crippen LogP contribution in [0.1, 0.15) is 24.0 Å². The van der Waals surface area contributed by atoms with Crippen LogP contribution in [0.25, 0.3) is 22.5 Å². The second-order valence-corrected chi connectivity index (χ2v) is 8.09. The molecule has 30 heavy (non-hydrogen) atoms. The van der Waals surface area contributed by atoms with Crippen molar-refractivity contribution in [3.8, 4) is 28.3 Å². The molecule has 0 aliphatic carbocycles. The van der Waals surface area contributed by atoms with E-state index in [0.717, 1.165) is 53.3 Å². The number of H-pyrrole nitrogens is 1. The molecular formula is C24H28N4O2. The Bertz CT molecular complexity index is 1100. The molecule has 6 nitrogen and oxygen atoms in total.